The normalized spacial score (nSPS) is 16.9. The molecular weight excluding hydrogens is 551 g/mol. The van der Waals surface area contributed by atoms with E-state index in [1.165, 1.54) is 0 Å². The van der Waals surface area contributed by atoms with Gasteiger partial charge in [0.2, 0.25) is 5.28 Å². The quantitative estimate of drug-likeness (QED) is 0.305. The molecule has 6 nitrogen and oxygen atoms in total. The number of hydrogen-bond acceptors (Lipinski definition) is 4. The van der Waals surface area contributed by atoms with Crippen molar-refractivity contribution in [3.8, 4) is 11.3 Å². The SMILES string of the molecule is CC(C)(C)OC(=O)N1CCC[C@@H](Cn2c(-c3c(Cl)cccc3Cl)c(Br)c3cnc(Cl)nc32)C1. The molecule has 0 radical (unpaired) electrons. The number of piperidine rings is 1. The van der Waals surface area contributed by atoms with E-state index in [1.54, 1.807) is 23.2 Å². The van der Waals surface area contributed by atoms with Crippen LogP contribution in [0.25, 0.3) is 22.3 Å². The van der Waals surface area contributed by atoms with E-state index in [1.807, 2.05) is 26.8 Å². The minimum absolute atomic E-state index is 0.157. The predicted molar refractivity (Wildman–Crippen MR) is 136 cm³/mol. The average Bonchev–Trinajstić information content (AvgIpc) is 2.98. The number of aromatic nitrogens is 3. The Morgan fingerprint density at radius 2 is 1.94 bits per heavy atom. The number of halogens is 4. The second kappa shape index (κ2) is 9.61. The molecule has 0 saturated carbocycles. The van der Waals surface area contributed by atoms with E-state index in [9.17, 15) is 4.79 Å². The Balaban J connectivity index is 1.74. The van der Waals surface area contributed by atoms with Crippen LogP contribution in [0.3, 0.4) is 0 Å². The summed E-state index contributed by atoms with van der Waals surface area (Å²) in [5.41, 5.74) is 1.67. The number of fused-ring (bicyclic) bond motifs is 1. The van der Waals surface area contributed by atoms with Crippen LogP contribution in [0.1, 0.15) is 33.6 Å². The summed E-state index contributed by atoms with van der Waals surface area (Å²) < 4.78 is 8.46. The molecule has 0 spiro atoms. The zero-order chi connectivity index (χ0) is 23.9. The van der Waals surface area contributed by atoms with Crippen molar-refractivity contribution >= 4 is 67.9 Å². The van der Waals surface area contributed by atoms with Crippen LogP contribution in [-0.4, -0.2) is 44.2 Å². The van der Waals surface area contributed by atoms with Gasteiger partial charge < -0.3 is 14.2 Å². The van der Waals surface area contributed by atoms with Gasteiger partial charge in [0.05, 0.1) is 25.6 Å². The molecule has 1 atom stereocenters. The van der Waals surface area contributed by atoms with Gasteiger partial charge in [-0.15, -0.1) is 0 Å². The first-order chi connectivity index (χ1) is 15.5. The maximum absolute atomic E-state index is 12.7. The lowest BCUT2D eigenvalue weighted by molar-refractivity contribution is 0.0158. The highest BCUT2D eigenvalue weighted by Crippen LogP contribution is 2.44. The Bertz CT molecular complexity index is 1190. The molecule has 1 aliphatic rings. The predicted octanol–water partition coefficient (Wildman–Crippen LogP) is 7.47. The second-order valence-electron chi connectivity index (χ2n) is 9.18. The maximum Gasteiger partial charge on any atom is 0.410 e. The second-order valence-corrected chi connectivity index (χ2v) is 11.1. The zero-order valence-electron chi connectivity index (χ0n) is 18.5. The number of carbonyl (C=O) groups is 1. The molecule has 0 aliphatic carbocycles. The van der Waals surface area contributed by atoms with Crippen LogP contribution in [0.2, 0.25) is 15.3 Å². The number of ether oxygens (including phenoxy) is 1. The van der Waals surface area contributed by atoms with Crippen molar-refractivity contribution < 1.29 is 9.53 Å². The summed E-state index contributed by atoms with van der Waals surface area (Å²) in [5.74, 6) is 0.183. The first-order valence-corrected chi connectivity index (χ1v) is 12.6. The number of hydrogen-bond donors (Lipinski definition) is 0. The van der Waals surface area contributed by atoms with Crippen LogP contribution in [0, 0.1) is 5.92 Å². The van der Waals surface area contributed by atoms with Gasteiger partial charge in [-0.3, -0.25) is 0 Å². The van der Waals surface area contributed by atoms with Gasteiger partial charge in [-0.25, -0.2) is 9.78 Å². The molecule has 3 heterocycles. The zero-order valence-corrected chi connectivity index (χ0v) is 22.4. The minimum Gasteiger partial charge on any atom is -0.444 e. The molecular formula is C23H24BrCl3N4O2. The van der Waals surface area contributed by atoms with Crippen molar-refractivity contribution in [1.29, 1.82) is 0 Å². The molecule has 33 heavy (non-hydrogen) atoms. The standard InChI is InChI=1S/C23H24BrCl3N4O2/c1-23(2,3)33-22(32)30-9-5-6-13(11-30)12-31-19(17-15(25)7-4-8-16(17)26)18(24)14-10-28-21(27)29-20(14)31/h4,7-8,10,13H,5-6,9,11-12H2,1-3H3/t13-/m1/s1. The fraction of sp³-hybridized carbons (Fsp3) is 0.435. The summed E-state index contributed by atoms with van der Waals surface area (Å²) in [4.78, 5) is 23.1. The Morgan fingerprint density at radius 3 is 2.61 bits per heavy atom. The van der Waals surface area contributed by atoms with E-state index >= 15 is 0 Å². The van der Waals surface area contributed by atoms with Crippen molar-refractivity contribution in [3.63, 3.8) is 0 Å². The highest BCUT2D eigenvalue weighted by Gasteiger charge is 2.30. The molecule has 1 aliphatic heterocycles. The number of carbonyl (C=O) groups excluding carboxylic acids is 1. The Hall–Kier alpha value is -1.54. The Labute approximate surface area is 216 Å². The molecule has 1 fully saturated rings. The third kappa shape index (κ3) is 5.26. The summed E-state index contributed by atoms with van der Waals surface area (Å²) in [5, 5.41) is 2.03. The van der Waals surface area contributed by atoms with Crippen molar-refractivity contribution in [1.82, 2.24) is 19.4 Å². The smallest absolute Gasteiger partial charge is 0.410 e. The molecule has 1 saturated heterocycles. The Morgan fingerprint density at radius 1 is 1.24 bits per heavy atom. The van der Waals surface area contributed by atoms with E-state index in [0.29, 0.717) is 40.9 Å². The van der Waals surface area contributed by atoms with Crippen LogP contribution in [0.15, 0.2) is 28.9 Å². The first-order valence-electron chi connectivity index (χ1n) is 10.7. The van der Waals surface area contributed by atoms with Crippen molar-refractivity contribution in [2.24, 2.45) is 5.92 Å². The van der Waals surface area contributed by atoms with Crippen LogP contribution < -0.4 is 0 Å². The molecule has 10 heteroatoms. The molecule has 4 rings (SSSR count). The van der Waals surface area contributed by atoms with Crippen LogP contribution in [0.4, 0.5) is 4.79 Å². The number of nitrogens with zero attached hydrogens (tertiary/aromatic N) is 4. The number of likely N-dealkylation sites (tertiary alicyclic amines) is 1. The lowest BCUT2D eigenvalue weighted by Gasteiger charge is -2.34. The van der Waals surface area contributed by atoms with Crippen LogP contribution in [0.5, 0.6) is 0 Å². The molecule has 0 N–H and O–H groups in total. The molecule has 2 aromatic heterocycles. The first kappa shape index (κ1) is 24.6. The highest BCUT2D eigenvalue weighted by molar-refractivity contribution is 9.10. The van der Waals surface area contributed by atoms with E-state index < -0.39 is 5.60 Å². The molecule has 3 aromatic rings. The van der Waals surface area contributed by atoms with Gasteiger partial charge in [0, 0.05) is 31.4 Å². The summed E-state index contributed by atoms with van der Waals surface area (Å²) in [7, 11) is 0. The summed E-state index contributed by atoms with van der Waals surface area (Å²) in [6, 6.07) is 5.42. The summed E-state index contributed by atoms with van der Waals surface area (Å²) in [6.45, 7) is 7.49. The van der Waals surface area contributed by atoms with E-state index in [0.717, 1.165) is 28.4 Å². The highest BCUT2D eigenvalue weighted by atomic mass is 79.9. The van der Waals surface area contributed by atoms with Crippen LogP contribution in [-0.2, 0) is 11.3 Å². The number of rotatable bonds is 3. The third-order valence-corrected chi connectivity index (χ3v) is 7.14. The lowest BCUT2D eigenvalue weighted by atomic mass is 9.98. The van der Waals surface area contributed by atoms with Crippen molar-refractivity contribution in [3.05, 3.63) is 44.2 Å². The van der Waals surface area contributed by atoms with Gasteiger partial charge >= 0.3 is 6.09 Å². The molecule has 0 unspecified atom stereocenters. The average molecular weight is 575 g/mol. The molecule has 176 valence electrons. The van der Waals surface area contributed by atoms with E-state index in [-0.39, 0.29) is 17.3 Å². The molecule has 0 bridgehead atoms. The van der Waals surface area contributed by atoms with Gasteiger partial charge in [0.1, 0.15) is 11.2 Å². The minimum atomic E-state index is -0.535. The summed E-state index contributed by atoms with van der Waals surface area (Å²) in [6.07, 6.45) is 3.26. The number of benzene rings is 1. The van der Waals surface area contributed by atoms with Crippen molar-refractivity contribution in [2.75, 3.05) is 13.1 Å². The Kier molecular flexibility index (Phi) is 7.16. The van der Waals surface area contributed by atoms with Gasteiger partial charge in [-0.2, -0.15) is 4.98 Å². The fourth-order valence-corrected chi connectivity index (χ4v) is 5.57. The molecule has 1 amide bonds. The van der Waals surface area contributed by atoms with Gasteiger partial charge in [0.25, 0.3) is 0 Å². The maximum atomic E-state index is 12.7. The third-order valence-electron chi connectivity index (χ3n) is 5.52. The van der Waals surface area contributed by atoms with Crippen molar-refractivity contribution in [2.45, 2.75) is 45.8 Å². The van der Waals surface area contributed by atoms with Gasteiger partial charge in [-0.05, 0) is 79.2 Å². The van der Waals surface area contributed by atoms with Crippen LogP contribution >= 0.6 is 50.7 Å². The van der Waals surface area contributed by atoms with Gasteiger partial charge in [-0.1, -0.05) is 29.3 Å². The largest absolute Gasteiger partial charge is 0.444 e. The van der Waals surface area contributed by atoms with E-state index in [4.69, 9.17) is 39.5 Å². The topological polar surface area (TPSA) is 60.2 Å². The molecule has 1 aromatic carbocycles. The summed E-state index contributed by atoms with van der Waals surface area (Å²) >= 11 is 23.0. The lowest BCUT2D eigenvalue weighted by Crippen LogP contribution is -2.43. The van der Waals surface area contributed by atoms with Gasteiger partial charge in [0.15, 0.2) is 0 Å². The number of amides is 1. The monoisotopic (exact) mass is 572 g/mol. The fourth-order valence-electron chi connectivity index (χ4n) is 4.18. The van der Waals surface area contributed by atoms with E-state index in [2.05, 4.69) is 30.5 Å².